The van der Waals surface area contributed by atoms with Crippen molar-refractivity contribution in [2.75, 3.05) is 13.2 Å². The Hall–Kier alpha value is -3.67. The van der Waals surface area contributed by atoms with Crippen LogP contribution in [-0.2, 0) is 28.6 Å². The van der Waals surface area contributed by atoms with Gasteiger partial charge in [0, 0.05) is 19.3 Å². The Balaban J connectivity index is 4.13. The molecule has 0 amide bonds. The van der Waals surface area contributed by atoms with Crippen LogP contribution in [0.4, 0.5) is 0 Å². The van der Waals surface area contributed by atoms with Gasteiger partial charge in [-0.1, -0.05) is 317 Å². The lowest BCUT2D eigenvalue weighted by atomic mass is 10.0. The molecule has 0 aliphatic heterocycles. The Kier molecular flexibility index (Phi) is 62.7. The summed E-state index contributed by atoms with van der Waals surface area (Å²) < 4.78 is 16.9. The van der Waals surface area contributed by atoms with Crippen molar-refractivity contribution in [1.82, 2.24) is 0 Å². The van der Waals surface area contributed by atoms with Crippen LogP contribution in [0.3, 0.4) is 0 Å². The standard InChI is InChI=1S/C72H124O6/c1-4-7-10-13-16-19-21-23-25-27-28-29-30-31-32-33-34-35-36-37-38-39-40-41-42-43-44-45-47-48-50-53-56-59-62-65-71(74)77-68-69(67-76-70(73)64-61-58-55-52-18-15-12-9-6-3)78-72(75)66-63-60-57-54-51-49-46-26-24-22-20-17-14-11-8-5-2/h7,10,16,19,23,25,28-29,31-32,34-35,37-38,40-41,69H,4-6,8-9,11-15,17-18,20-22,24,26-27,30,33,36,39,42-68H2,1-3H3/b10-7-,19-16-,25-23-,29-28-,32-31-,35-34-,38-37-,41-40-. The number of unbranched alkanes of at least 4 members (excludes halogenated alkanes) is 33. The van der Waals surface area contributed by atoms with E-state index in [9.17, 15) is 14.4 Å². The van der Waals surface area contributed by atoms with Gasteiger partial charge in [-0.25, -0.2) is 0 Å². The molecule has 1 atom stereocenters. The van der Waals surface area contributed by atoms with Crippen LogP contribution in [-0.4, -0.2) is 37.2 Å². The molecule has 0 rings (SSSR count). The van der Waals surface area contributed by atoms with Crippen LogP contribution in [0.15, 0.2) is 97.2 Å². The average molecular weight is 1090 g/mol. The highest BCUT2D eigenvalue weighted by Crippen LogP contribution is 2.17. The number of hydrogen-bond acceptors (Lipinski definition) is 6. The van der Waals surface area contributed by atoms with Gasteiger partial charge in [-0.05, 0) is 83.5 Å². The molecule has 448 valence electrons. The first-order valence-electron chi connectivity index (χ1n) is 33.2. The predicted octanol–water partition coefficient (Wildman–Crippen LogP) is 22.8. The topological polar surface area (TPSA) is 78.9 Å². The van der Waals surface area contributed by atoms with Crippen molar-refractivity contribution >= 4 is 17.9 Å². The van der Waals surface area contributed by atoms with Crippen LogP contribution < -0.4 is 0 Å². The number of hydrogen-bond donors (Lipinski definition) is 0. The number of ether oxygens (including phenoxy) is 3. The van der Waals surface area contributed by atoms with E-state index in [-0.39, 0.29) is 31.1 Å². The molecule has 0 N–H and O–H groups in total. The molecule has 0 heterocycles. The molecule has 0 fully saturated rings. The number of carbonyl (C=O) groups excluding carboxylic acids is 3. The molecule has 0 aromatic heterocycles. The Morgan fingerprint density at radius 1 is 0.269 bits per heavy atom. The lowest BCUT2D eigenvalue weighted by Crippen LogP contribution is -2.30. The molecular weight excluding hydrogens is 961 g/mol. The fraction of sp³-hybridized carbons (Fsp3) is 0.736. The number of esters is 3. The van der Waals surface area contributed by atoms with Crippen LogP contribution in [0.5, 0.6) is 0 Å². The van der Waals surface area contributed by atoms with E-state index < -0.39 is 6.10 Å². The maximum Gasteiger partial charge on any atom is 0.306 e. The number of allylic oxidation sites excluding steroid dienone is 16. The highest BCUT2D eigenvalue weighted by Gasteiger charge is 2.19. The third kappa shape index (κ3) is 63.2. The van der Waals surface area contributed by atoms with Gasteiger partial charge >= 0.3 is 17.9 Å². The monoisotopic (exact) mass is 1080 g/mol. The van der Waals surface area contributed by atoms with E-state index in [0.29, 0.717) is 19.3 Å². The molecule has 1 unspecified atom stereocenters. The van der Waals surface area contributed by atoms with E-state index in [1.54, 1.807) is 0 Å². The van der Waals surface area contributed by atoms with E-state index >= 15 is 0 Å². The Morgan fingerprint density at radius 2 is 0.500 bits per heavy atom. The SMILES string of the molecule is CC/C=C\C/C=C\C/C=C\C/C=C\C/C=C\C/C=C\C/C=C\C/C=C\CCCCCCCCCCCCC(=O)OCC(COC(=O)CCCCCCCCCCC)OC(=O)CCCCCCCCCCCCCCCCCC. The number of rotatable bonds is 60. The third-order valence-corrected chi connectivity index (χ3v) is 14.4. The molecule has 0 saturated carbocycles. The van der Waals surface area contributed by atoms with Gasteiger partial charge in [0.2, 0.25) is 0 Å². The summed E-state index contributed by atoms with van der Waals surface area (Å²) in [6.45, 7) is 6.53. The van der Waals surface area contributed by atoms with Crippen LogP contribution in [0.1, 0.15) is 323 Å². The molecule has 78 heavy (non-hydrogen) atoms. The Labute approximate surface area is 483 Å². The molecule has 0 aliphatic rings. The molecule has 0 aliphatic carbocycles. The summed E-state index contributed by atoms with van der Waals surface area (Å²) in [4.78, 5) is 38.2. The normalized spacial score (nSPS) is 12.7. The fourth-order valence-corrected chi connectivity index (χ4v) is 9.40. The summed E-state index contributed by atoms with van der Waals surface area (Å²) in [5, 5.41) is 0. The maximum atomic E-state index is 12.9. The first-order valence-corrected chi connectivity index (χ1v) is 33.2. The Bertz CT molecular complexity index is 1530. The molecule has 0 saturated heterocycles. The zero-order valence-corrected chi connectivity index (χ0v) is 51.4. The van der Waals surface area contributed by atoms with Crippen LogP contribution >= 0.6 is 0 Å². The molecule has 0 spiro atoms. The van der Waals surface area contributed by atoms with Crippen molar-refractivity contribution in [3.63, 3.8) is 0 Å². The quantitative estimate of drug-likeness (QED) is 0.0261. The lowest BCUT2D eigenvalue weighted by molar-refractivity contribution is -0.167. The molecule has 0 aromatic rings. The first-order chi connectivity index (χ1) is 38.5. The van der Waals surface area contributed by atoms with Gasteiger partial charge in [0.15, 0.2) is 6.10 Å². The molecule has 6 nitrogen and oxygen atoms in total. The van der Waals surface area contributed by atoms with Gasteiger partial charge in [-0.3, -0.25) is 14.4 Å². The minimum atomic E-state index is -0.774. The van der Waals surface area contributed by atoms with E-state index in [1.807, 2.05) is 0 Å². The highest BCUT2D eigenvalue weighted by atomic mass is 16.6. The summed E-state index contributed by atoms with van der Waals surface area (Å²) in [6, 6.07) is 0. The van der Waals surface area contributed by atoms with Gasteiger partial charge in [0.25, 0.3) is 0 Å². The molecular formula is C72H124O6. The number of carbonyl (C=O) groups is 3. The summed E-state index contributed by atoms with van der Waals surface area (Å²) in [5.41, 5.74) is 0. The summed E-state index contributed by atoms with van der Waals surface area (Å²) in [7, 11) is 0. The van der Waals surface area contributed by atoms with Crippen molar-refractivity contribution in [1.29, 1.82) is 0 Å². The summed E-state index contributed by atoms with van der Waals surface area (Å²) >= 11 is 0. The fourth-order valence-electron chi connectivity index (χ4n) is 9.40. The van der Waals surface area contributed by atoms with Crippen LogP contribution in [0.25, 0.3) is 0 Å². The highest BCUT2D eigenvalue weighted by molar-refractivity contribution is 5.71. The molecule has 0 radical (unpaired) electrons. The van der Waals surface area contributed by atoms with Gasteiger partial charge < -0.3 is 14.2 Å². The van der Waals surface area contributed by atoms with Crippen molar-refractivity contribution in [2.45, 2.75) is 329 Å². The molecule has 6 heteroatoms. The van der Waals surface area contributed by atoms with Crippen molar-refractivity contribution in [3.8, 4) is 0 Å². The maximum absolute atomic E-state index is 12.9. The minimum absolute atomic E-state index is 0.0730. The molecule has 0 bridgehead atoms. The van der Waals surface area contributed by atoms with Crippen molar-refractivity contribution in [2.24, 2.45) is 0 Å². The third-order valence-electron chi connectivity index (χ3n) is 14.4. The van der Waals surface area contributed by atoms with Gasteiger partial charge in [-0.2, -0.15) is 0 Å². The summed E-state index contributed by atoms with van der Waals surface area (Å²) in [5.74, 6) is -0.867. The zero-order valence-electron chi connectivity index (χ0n) is 51.4. The lowest BCUT2D eigenvalue weighted by Gasteiger charge is -2.18. The van der Waals surface area contributed by atoms with E-state index in [4.69, 9.17) is 14.2 Å². The van der Waals surface area contributed by atoms with Crippen LogP contribution in [0, 0.1) is 0 Å². The average Bonchev–Trinajstić information content (AvgIpc) is 3.44. The van der Waals surface area contributed by atoms with E-state index in [0.717, 1.165) is 109 Å². The van der Waals surface area contributed by atoms with Gasteiger partial charge in [-0.15, -0.1) is 0 Å². The van der Waals surface area contributed by atoms with E-state index in [2.05, 4.69) is 118 Å². The smallest absolute Gasteiger partial charge is 0.306 e. The first kappa shape index (κ1) is 74.3. The minimum Gasteiger partial charge on any atom is -0.462 e. The van der Waals surface area contributed by atoms with E-state index in [1.165, 1.54) is 173 Å². The second kappa shape index (κ2) is 65.8. The summed E-state index contributed by atoms with van der Waals surface area (Å²) in [6.07, 6.45) is 88.6. The van der Waals surface area contributed by atoms with Crippen molar-refractivity contribution in [3.05, 3.63) is 97.2 Å². The van der Waals surface area contributed by atoms with Gasteiger partial charge in [0.05, 0.1) is 0 Å². The zero-order chi connectivity index (χ0) is 56.4. The second-order valence-corrected chi connectivity index (χ2v) is 22.0. The molecule has 0 aromatic carbocycles. The van der Waals surface area contributed by atoms with Crippen molar-refractivity contribution < 1.29 is 28.6 Å². The second-order valence-electron chi connectivity index (χ2n) is 22.0. The largest absolute Gasteiger partial charge is 0.462 e. The van der Waals surface area contributed by atoms with Crippen LogP contribution in [0.2, 0.25) is 0 Å². The van der Waals surface area contributed by atoms with Gasteiger partial charge in [0.1, 0.15) is 13.2 Å². The Morgan fingerprint density at radius 3 is 0.782 bits per heavy atom. The predicted molar refractivity (Wildman–Crippen MR) is 339 cm³/mol.